The molecule has 0 unspecified atom stereocenters. The second-order valence-corrected chi connectivity index (χ2v) is 4.64. The highest BCUT2D eigenvalue weighted by Gasteiger charge is 2.12. The van der Waals surface area contributed by atoms with Crippen LogP contribution in [0.3, 0.4) is 0 Å². The quantitative estimate of drug-likeness (QED) is 0.721. The number of rotatable bonds is 7. The Hall–Kier alpha value is -1.08. The lowest BCUT2D eigenvalue weighted by Crippen LogP contribution is -2.41. The number of aryl methyl sites for hydroxylation is 1. The largest absolute Gasteiger partial charge is 0.354 e. The Bertz CT molecular complexity index is 356. The van der Waals surface area contributed by atoms with Gasteiger partial charge in [0.2, 0.25) is 11.8 Å². The minimum atomic E-state index is -0.436. The third-order valence-electron chi connectivity index (χ3n) is 2.19. The first-order valence-corrected chi connectivity index (χ1v) is 6.84. The smallest absolute Gasteiger partial charge is 0.236 e. The molecular weight excluding hydrogens is 240 g/mol. The number of nitrogens with zero attached hydrogens (tertiary/aromatic N) is 2. The topological polar surface area (TPSA) is 94.0 Å². The monoisotopic (exact) mass is 258 g/mol. The molecule has 17 heavy (non-hydrogen) atoms. The molecule has 1 atom stereocenters. The van der Waals surface area contributed by atoms with E-state index in [1.165, 1.54) is 0 Å². The van der Waals surface area contributed by atoms with E-state index in [-0.39, 0.29) is 5.91 Å². The molecule has 1 aromatic heterocycles. The van der Waals surface area contributed by atoms with E-state index in [1.54, 1.807) is 18.7 Å². The lowest BCUT2D eigenvalue weighted by Gasteiger charge is -2.10. The number of carbonyl (C=O) groups excluding carboxylic acids is 1. The van der Waals surface area contributed by atoms with Crippen molar-refractivity contribution >= 4 is 17.7 Å². The van der Waals surface area contributed by atoms with Gasteiger partial charge in [-0.25, -0.2) is 0 Å². The molecule has 6 nitrogen and oxygen atoms in total. The van der Waals surface area contributed by atoms with Gasteiger partial charge in [0.1, 0.15) is 0 Å². The summed E-state index contributed by atoms with van der Waals surface area (Å²) in [4.78, 5) is 15.6. The van der Waals surface area contributed by atoms with Crippen LogP contribution >= 0.6 is 11.8 Å². The van der Waals surface area contributed by atoms with E-state index in [0.717, 1.165) is 5.75 Å². The normalized spacial score (nSPS) is 12.4. The molecule has 0 fully saturated rings. The summed E-state index contributed by atoms with van der Waals surface area (Å²) in [5, 5.41) is 6.49. The zero-order valence-corrected chi connectivity index (χ0v) is 10.9. The van der Waals surface area contributed by atoms with Gasteiger partial charge in [-0.1, -0.05) is 5.16 Å². The van der Waals surface area contributed by atoms with Crippen LogP contribution in [0.25, 0.3) is 0 Å². The second-order valence-electron chi connectivity index (χ2n) is 3.66. The van der Waals surface area contributed by atoms with E-state index in [1.807, 2.05) is 6.26 Å². The van der Waals surface area contributed by atoms with Crippen LogP contribution in [0.4, 0.5) is 0 Å². The molecule has 1 amide bonds. The molecule has 0 bridgehead atoms. The van der Waals surface area contributed by atoms with Gasteiger partial charge in [-0.05, 0) is 18.4 Å². The molecule has 1 rings (SSSR count). The highest BCUT2D eigenvalue weighted by Crippen LogP contribution is 1.99. The van der Waals surface area contributed by atoms with E-state index < -0.39 is 6.04 Å². The van der Waals surface area contributed by atoms with Crippen LogP contribution in [0.2, 0.25) is 0 Å². The number of thioether (sulfide) groups is 1. The molecule has 96 valence electrons. The van der Waals surface area contributed by atoms with E-state index in [0.29, 0.717) is 31.1 Å². The number of carbonyl (C=O) groups is 1. The molecule has 0 radical (unpaired) electrons. The number of aromatic nitrogens is 2. The summed E-state index contributed by atoms with van der Waals surface area (Å²) in [6.07, 6.45) is 3.23. The summed E-state index contributed by atoms with van der Waals surface area (Å²) >= 11 is 1.68. The van der Waals surface area contributed by atoms with Gasteiger partial charge in [0.25, 0.3) is 0 Å². The Labute approximate surface area is 105 Å². The lowest BCUT2D eigenvalue weighted by atomic mass is 10.2. The zero-order chi connectivity index (χ0) is 12.7. The molecule has 0 aliphatic rings. The second kappa shape index (κ2) is 7.29. The van der Waals surface area contributed by atoms with Crippen molar-refractivity contribution < 1.29 is 9.32 Å². The highest BCUT2D eigenvalue weighted by atomic mass is 32.2. The number of hydrogen-bond donors (Lipinski definition) is 2. The van der Waals surface area contributed by atoms with Crippen LogP contribution < -0.4 is 11.1 Å². The Morgan fingerprint density at radius 3 is 3.00 bits per heavy atom. The SMILES string of the molecule is CSCC[C@@H](N)C(=O)NCCc1noc(C)n1. The van der Waals surface area contributed by atoms with Gasteiger partial charge < -0.3 is 15.6 Å². The Kier molecular flexibility index (Phi) is 5.99. The maximum atomic E-state index is 11.5. The summed E-state index contributed by atoms with van der Waals surface area (Å²) in [6.45, 7) is 2.21. The molecular formula is C10H18N4O2S. The number of hydrogen-bond acceptors (Lipinski definition) is 6. The first-order valence-electron chi connectivity index (χ1n) is 5.45. The average Bonchev–Trinajstić information content (AvgIpc) is 2.71. The van der Waals surface area contributed by atoms with Gasteiger partial charge in [-0.3, -0.25) is 4.79 Å². The van der Waals surface area contributed by atoms with E-state index in [2.05, 4.69) is 15.5 Å². The molecule has 0 aromatic carbocycles. The molecule has 0 saturated heterocycles. The zero-order valence-electron chi connectivity index (χ0n) is 10.1. The standard InChI is InChI=1S/C10H18N4O2S/c1-7-13-9(14-16-7)3-5-12-10(15)8(11)4-6-17-2/h8H,3-6,11H2,1-2H3,(H,12,15)/t8-/m1/s1. The van der Waals surface area contributed by atoms with E-state index in [4.69, 9.17) is 10.3 Å². The Morgan fingerprint density at radius 1 is 1.65 bits per heavy atom. The van der Waals surface area contributed by atoms with Crippen LogP contribution in [0.5, 0.6) is 0 Å². The van der Waals surface area contributed by atoms with Crippen LogP contribution in [0.15, 0.2) is 4.52 Å². The minimum Gasteiger partial charge on any atom is -0.354 e. The third kappa shape index (κ3) is 5.18. The summed E-state index contributed by atoms with van der Waals surface area (Å²) in [7, 11) is 0. The minimum absolute atomic E-state index is 0.126. The molecule has 0 saturated carbocycles. The summed E-state index contributed by atoms with van der Waals surface area (Å²) in [6, 6.07) is -0.436. The van der Waals surface area contributed by atoms with Crippen molar-refractivity contribution in [3.63, 3.8) is 0 Å². The van der Waals surface area contributed by atoms with Gasteiger partial charge in [0, 0.05) is 19.9 Å². The predicted molar refractivity (Wildman–Crippen MR) is 66.7 cm³/mol. The maximum Gasteiger partial charge on any atom is 0.236 e. The lowest BCUT2D eigenvalue weighted by molar-refractivity contribution is -0.122. The van der Waals surface area contributed by atoms with Crippen molar-refractivity contribution in [3.05, 3.63) is 11.7 Å². The third-order valence-corrected chi connectivity index (χ3v) is 2.83. The Morgan fingerprint density at radius 2 is 2.41 bits per heavy atom. The summed E-state index contributed by atoms with van der Waals surface area (Å²) in [5.41, 5.74) is 5.71. The van der Waals surface area contributed by atoms with Crippen LogP contribution in [0.1, 0.15) is 18.1 Å². The molecule has 0 spiro atoms. The number of nitrogens with two attached hydrogens (primary N) is 1. The number of amides is 1. The molecule has 0 aliphatic carbocycles. The predicted octanol–water partition coefficient (Wildman–Crippen LogP) is 0.117. The molecule has 1 aromatic rings. The van der Waals surface area contributed by atoms with Crippen molar-refractivity contribution in [1.82, 2.24) is 15.5 Å². The van der Waals surface area contributed by atoms with E-state index >= 15 is 0 Å². The molecule has 1 heterocycles. The summed E-state index contributed by atoms with van der Waals surface area (Å²) in [5.74, 6) is 1.89. The van der Waals surface area contributed by atoms with Gasteiger partial charge in [0.05, 0.1) is 6.04 Å². The first-order chi connectivity index (χ1) is 8.13. The number of nitrogens with one attached hydrogen (secondary N) is 1. The molecule has 3 N–H and O–H groups in total. The highest BCUT2D eigenvalue weighted by molar-refractivity contribution is 7.98. The van der Waals surface area contributed by atoms with Gasteiger partial charge in [-0.15, -0.1) is 0 Å². The van der Waals surface area contributed by atoms with Gasteiger partial charge >= 0.3 is 0 Å². The van der Waals surface area contributed by atoms with Crippen molar-refractivity contribution in [3.8, 4) is 0 Å². The average molecular weight is 258 g/mol. The van der Waals surface area contributed by atoms with Crippen molar-refractivity contribution in [2.45, 2.75) is 25.8 Å². The van der Waals surface area contributed by atoms with Crippen LogP contribution in [-0.2, 0) is 11.2 Å². The van der Waals surface area contributed by atoms with Gasteiger partial charge in [0.15, 0.2) is 5.82 Å². The maximum absolute atomic E-state index is 11.5. The Balaban J connectivity index is 2.19. The van der Waals surface area contributed by atoms with Crippen molar-refractivity contribution in [2.24, 2.45) is 5.73 Å². The fraction of sp³-hybridized carbons (Fsp3) is 0.700. The summed E-state index contributed by atoms with van der Waals surface area (Å²) < 4.78 is 4.82. The van der Waals surface area contributed by atoms with Crippen LogP contribution in [-0.4, -0.2) is 40.6 Å². The fourth-order valence-electron chi connectivity index (χ4n) is 1.25. The van der Waals surface area contributed by atoms with Crippen molar-refractivity contribution in [1.29, 1.82) is 0 Å². The molecule has 7 heteroatoms. The van der Waals surface area contributed by atoms with Gasteiger partial charge in [-0.2, -0.15) is 16.7 Å². The van der Waals surface area contributed by atoms with Crippen LogP contribution in [0, 0.1) is 6.92 Å². The van der Waals surface area contributed by atoms with Crippen molar-refractivity contribution in [2.75, 3.05) is 18.6 Å². The van der Waals surface area contributed by atoms with E-state index in [9.17, 15) is 4.79 Å². The molecule has 0 aliphatic heterocycles. The fourth-order valence-corrected chi connectivity index (χ4v) is 1.74. The first kappa shape index (κ1) is 14.0.